The maximum atomic E-state index is 11.8. The van der Waals surface area contributed by atoms with Crippen molar-refractivity contribution in [2.45, 2.75) is 13.8 Å². The zero-order valence-electron chi connectivity index (χ0n) is 12.1. The van der Waals surface area contributed by atoms with Crippen LogP contribution >= 0.6 is 0 Å². The number of aryl methyl sites for hydroxylation is 1. The van der Waals surface area contributed by atoms with Crippen molar-refractivity contribution in [2.24, 2.45) is 5.92 Å². The lowest BCUT2D eigenvalue weighted by molar-refractivity contribution is -0.122. The molecule has 0 amide bonds. The van der Waals surface area contributed by atoms with Gasteiger partial charge in [-0.25, -0.2) is 4.79 Å². The third-order valence-electron chi connectivity index (χ3n) is 2.87. The van der Waals surface area contributed by atoms with Crippen LogP contribution in [-0.4, -0.2) is 31.2 Å². The van der Waals surface area contributed by atoms with Crippen LogP contribution in [0.1, 0.15) is 22.8 Å². The standard InChI is InChI=1S/C15H16N2O4/c1-9-4-5-11(6-14(9)20-3)15(19)21-8-13(18)12(7-16)10(2)17/h4-6,12,17H,8H2,1-3H3/t12-/m0/s1. The van der Waals surface area contributed by atoms with E-state index in [1.165, 1.54) is 20.1 Å². The van der Waals surface area contributed by atoms with Gasteiger partial charge in [0.15, 0.2) is 12.4 Å². The predicted octanol–water partition coefficient (Wildman–Crippen LogP) is 1.91. The fourth-order valence-corrected chi connectivity index (χ4v) is 1.66. The zero-order valence-corrected chi connectivity index (χ0v) is 12.1. The van der Waals surface area contributed by atoms with Gasteiger partial charge in [-0.05, 0) is 31.5 Å². The van der Waals surface area contributed by atoms with E-state index in [-0.39, 0.29) is 11.3 Å². The molecule has 0 bridgehead atoms. The minimum Gasteiger partial charge on any atom is -0.496 e. The van der Waals surface area contributed by atoms with Crippen LogP contribution in [0.15, 0.2) is 18.2 Å². The predicted molar refractivity (Wildman–Crippen MR) is 75.5 cm³/mol. The number of nitrogens with one attached hydrogen (secondary N) is 1. The van der Waals surface area contributed by atoms with E-state index in [4.69, 9.17) is 20.1 Å². The van der Waals surface area contributed by atoms with E-state index in [1.807, 2.05) is 6.92 Å². The molecule has 0 aromatic heterocycles. The normalized spacial score (nSPS) is 11.1. The van der Waals surface area contributed by atoms with E-state index >= 15 is 0 Å². The largest absolute Gasteiger partial charge is 0.496 e. The Labute approximate surface area is 122 Å². The van der Waals surface area contributed by atoms with Crippen LogP contribution in [-0.2, 0) is 9.53 Å². The molecule has 0 unspecified atom stereocenters. The van der Waals surface area contributed by atoms with Gasteiger partial charge in [-0.15, -0.1) is 0 Å². The molecule has 6 nitrogen and oxygen atoms in total. The van der Waals surface area contributed by atoms with Crippen molar-refractivity contribution in [3.63, 3.8) is 0 Å². The lowest BCUT2D eigenvalue weighted by Crippen LogP contribution is -2.25. The van der Waals surface area contributed by atoms with Gasteiger partial charge in [-0.1, -0.05) is 6.07 Å². The Bertz CT molecular complexity index is 617. The van der Waals surface area contributed by atoms with Crippen LogP contribution in [0.25, 0.3) is 0 Å². The molecule has 21 heavy (non-hydrogen) atoms. The molecule has 6 heteroatoms. The zero-order chi connectivity index (χ0) is 16.0. The van der Waals surface area contributed by atoms with E-state index in [2.05, 4.69) is 0 Å². The van der Waals surface area contributed by atoms with Crippen LogP contribution in [0.2, 0.25) is 0 Å². The van der Waals surface area contributed by atoms with E-state index in [1.54, 1.807) is 18.2 Å². The smallest absolute Gasteiger partial charge is 0.338 e. The number of esters is 1. The SMILES string of the molecule is COc1cc(C(=O)OCC(=O)[C@@H](C#N)C(C)=N)ccc1C. The second-order valence-electron chi connectivity index (χ2n) is 4.47. The van der Waals surface area contributed by atoms with E-state index in [9.17, 15) is 9.59 Å². The van der Waals surface area contributed by atoms with Crippen LogP contribution in [0.5, 0.6) is 5.75 Å². The monoisotopic (exact) mass is 288 g/mol. The van der Waals surface area contributed by atoms with Crippen LogP contribution in [0, 0.1) is 29.6 Å². The minimum atomic E-state index is -1.18. The second kappa shape index (κ2) is 7.20. The fourth-order valence-electron chi connectivity index (χ4n) is 1.66. The molecular formula is C15H16N2O4. The van der Waals surface area contributed by atoms with Crippen LogP contribution in [0.4, 0.5) is 0 Å². The Balaban J connectivity index is 2.73. The fraction of sp³-hybridized carbons (Fsp3) is 0.333. The molecule has 0 aliphatic heterocycles. The third kappa shape index (κ3) is 4.14. The van der Waals surface area contributed by atoms with Gasteiger partial charge in [-0.3, -0.25) is 4.79 Å². The van der Waals surface area contributed by atoms with Crippen molar-refractivity contribution in [3.05, 3.63) is 29.3 Å². The summed E-state index contributed by atoms with van der Waals surface area (Å²) in [6, 6.07) is 6.49. The molecule has 0 heterocycles. The van der Waals surface area contributed by atoms with Crippen molar-refractivity contribution >= 4 is 17.5 Å². The molecule has 0 saturated carbocycles. The number of hydrogen-bond donors (Lipinski definition) is 1. The van der Waals surface area contributed by atoms with E-state index < -0.39 is 24.3 Å². The number of rotatable bonds is 6. The Morgan fingerprint density at radius 2 is 2.10 bits per heavy atom. The van der Waals surface area contributed by atoms with Gasteiger partial charge in [0, 0.05) is 5.71 Å². The molecule has 1 rings (SSSR count). The summed E-state index contributed by atoms with van der Waals surface area (Å²) in [6.07, 6.45) is 0. The maximum absolute atomic E-state index is 11.8. The number of methoxy groups -OCH3 is 1. The number of ketones is 1. The molecule has 1 aromatic carbocycles. The molecule has 0 aliphatic rings. The Morgan fingerprint density at radius 1 is 1.43 bits per heavy atom. The average molecular weight is 288 g/mol. The highest BCUT2D eigenvalue weighted by Crippen LogP contribution is 2.19. The third-order valence-corrected chi connectivity index (χ3v) is 2.87. The Kier molecular flexibility index (Phi) is 5.61. The molecule has 0 saturated heterocycles. The number of ether oxygens (including phenoxy) is 2. The summed E-state index contributed by atoms with van der Waals surface area (Å²) in [6.45, 7) is 2.66. The number of Topliss-reactive ketones (excluding diaryl/α,β-unsaturated/α-hetero) is 1. The number of carbonyl (C=O) groups is 2. The highest BCUT2D eigenvalue weighted by atomic mass is 16.5. The molecule has 1 N–H and O–H groups in total. The summed E-state index contributed by atoms with van der Waals surface area (Å²) in [7, 11) is 1.49. The molecule has 0 fully saturated rings. The summed E-state index contributed by atoms with van der Waals surface area (Å²) < 4.78 is 9.97. The lowest BCUT2D eigenvalue weighted by atomic mass is 10.0. The van der Waals surface area contributed by atoms with Gasteiger partial charge < -0.3 is 14.9 Å². The average Bonchev–Trinajstić information content (AvgIpc) is 2.45. The van der Waals surface area contributed by atoms with Crippen molar-refractivity contribution in [1.82, 2.24) is 0 Å². The van der Waals surface area contributed by atoms with Crippen molar-refractivity contribution in [1.29, 1.82) is 10.7 Å². The number of carbonyl (C=O) groups excluding carboxylic acids is 2. The van der Waals surface area contributed by atoms with Gasteiger partial charge in [0.25, 0.3) is 0 Å². The molecule has 110 valence electrons. The van der Waals surface area contributed by atoms with Gasteiger partial charge in [-0.2, -0.15) is 5.26 Å². The number of hydrogen-bond acceptors (Lipinski definition) is 6. The Hall–Kier alpha value is -2.68. The lowest BCUT2D eigenvalue weighted by Gasteiger charge is -2.09. The first-order valence-corrected chi connectivity index (χ1v) is 6.19. The quantitative estimate of drug-likeness (QED) is 0.636. The van der Waals surface area contributed by atoms with E-state index in [0.717, 1.165) is 5.56 Å². The van der Waals surface area contributed by atoms with Crippen LogP contribution in [0.3, 0.4) is 0 Å². The van der Waals surface area contributed by atoms with Crippen molar-refractivity contribution < 1.29 is 19.1 Å². The van der Waals surface area contributed by atoms with Crippen LogP contribution < -0.4 is 4.74 Å². The number of benzene rings is 1. The van der Waals surface area contributed by atoms with E-state index in [0.29, 0.717) is 5.75 Å². The Morgan fingerprint density at radius 3 is 2.62 bits per heavy atom. The first kappa shape index (κ1) is 16.4. The maximum Gasteiger partial charge on any atom is 0.338 e. The summed E-state index contributed by atoms with van der Waals surface area (Å²) >= 11 is 0. The number of nitrogens with zero attached hydrogens (tertiary/aromatic N) is 1. The van der Waals surface area contributed by atoms with Gasteiger partial charge in [0.1, 0.15) is 11.7 Å². The molecule has 0 radical (unpaired) electrons. The summed E-state index contributed by atoms with van der Waals surface area (Å²) in [4.78, 5) is 23.5. The number of nitriles is 1. The van der Waals surface area contributed by atoms with Gasteiger partial charge in [0.2, 0.25) is 0 Å². The van der Waals surface area contributed by atoms with Gasteiger partial charge in [0.05, 0.1) is 18.7 Å². The molecule has 1 aromatic rings. The summed E-state index contributed by atoms with van der Waals surface area (Å²) in [5.41, 5.74) is 1.05. The minimum absolute atomic E-state index is 0.0736. The molecule has 0 aliphatic carbocycles. The van der Waals surface area contributed by atoms with Crippen molar-refractivity contribution in [2.75, 3.05) is 13.7 Å². The van der Waals surface area contributed by atoms with Gasteiger partial charge >= 0.3 is 5.97 Å². The molecule has 0 spiro atoms. The summed E-state index contributed by atoms with van der Waals surface area (Å²) in [5.74, 6) is -1.93. The molecule has 1 atom stereocenters. The summed E-state index contributed by atoms with van der Waals surface area (Å²) in [5, 5.41) is 16.1. The van der Waals surface area contributed by atoms with Crippen molar-refractivity contribution in [3.8, 4) is 11.8 Å². The highest BCUT2D eigenvalue weighted by Gasteiger charge is 2.22. The highest BCUT2D eigenvalue weighted by molar-refractivity contribution is 6.06. The topological polar surface area (TPSA) is 100 Å². The first-order valence-electron chi connectivity index (χ1n) is 6.19. The first-order chi connectivity index (χ1) is 9.90. The molecular weight excluding hydrogens is 272 g/mol. The second-order valence-corrected chi connectivity index (χ2v) is 4.47.